The third-order valence-electron chi connectivity index (χ3n) is 5.27. The molecule has 1 heterocycles. The molecular formula is C27H34BN7O4. The molecule has 6 N–H and O–H groups in total. The van der Waals surface area contributed by atoms with Gasteiger partial charge in [-0.15, -0.1) is 0 Å². The van der Waals surface area contributed by atoms with E-state index in [1.54, 1.807) is 39.2 Å². The second-order valence-electron chi connectivity index (χ2n) is 9.63. The quantitative estimate of drug-likeness (QED) is 0.124. The van der Waals surface area contributed by atoms with E-state index in [0.29, 0.717) is 42.2 Å². The molecule has 0 bridgehead atoms. The average Bonchev–Trinajstić information content (AvgIpc) is 2.83. The van der Waals surface area contributed by atoms with Crippen LogP contribution in [0.5, 0.6) is 0 Å². The number of hydrogen-bond donors (Lipinski definition) is 4. The fourth-order valence-corrected chi connectivity index (χ4v) is 3.60. The molecule has 39 heavy (non-hydrogen) atoms. The van der Waals surface area contributed by atoms with Gasteiger partial charge in [-0.05, 0) is 12.2 Å². The summed E-state index contributed by atoms with van der Waals surface area (Å²) < 4.78 is 10.1. The zero-order chi connectivity index (χ0) is 29.2. The van der Waals surface area contributed by atoms with Crippen LogP contribution in [0, 0.1) is 18.4 Å². The molecule has 0 saturated heterocycles. The summed E-state index contributed by atoms with van der Waals surface area (Å²) in [6.07, 6.45) is 6.69. The average molecular weight is 531 g/mol. The number of amides is 2. The molecule has 0 fully saturated rings. The predicted molar refractivity (Wildman–Crippen MR) is 153 cm³/mol. The van der Waals surface area contributed by atoms with Crippen LogP contribution in [-0.2, 0) is 9.39 Å². The maximum absolute atomic E-state index is 12.8. The van der Waals surface area contributed by atoms with Crippen LogP contribution in [0.15, 0.2) is 66.0 Å². The van der Waals surface area contributed by atoms with Gasteiger partial charge in [-0.1, -0.05) is 13.2 Å². The minimum Gasteiger partial charge on any atom is -0.370 e. The van der Waals surface area contributed by atoms with E-state index in [-0.39, 0.29) is 11.9 Å². The Bertz CT molecular complexity index is 1300. The van der Waals surface area contributed by atoms with Gasteiger partial charge in [0.05, 0.1) is 5.70 Å². The second-order valence-corrected chi connectivity index (χ2v) is 9.63. The molecule has 2 rings (SSSR count). The van der Waals surface area contributed by atoms with E-state index in [4.69, 9.17) is 26.1 Å². The van der Waals surface area contributed by atoms with Gasteiger partial charge in [0.2, 0.25) is 0 Å². The number of ether oxygens (including phenoxy) is 1. The van der Waals surface area contributed by atoms with Crippen molar-refractivity contribution in [3.05, 3.63) is 77.7 Å². The summed E-state index contributed by atoms with van der Waals surface area (Å²) in [5, 5.41) is 14.2. The number of aryl methyl sites for hydroxylation is 1. The van der Waals surface area contributed by atoms with Crippen LogP contribution in [-0.4, -0.2) is 54.4 Å². The molecule has 0 radical (unpaired) electrons. The first-order chi connectivity index (χ1) is 18.3. The van der Waals surface area contributed by atoms with Gasteiger partial charge in [-0.25, -0.2) is 4.99 Å². The zero-order valence-electron chi connectivity index (χ0n) is 22.7. The predicted octanol–water partition coefficient (Wildman–Crippen LogP) is 2.40. The minimum atomic E-state index is -0.672. The molecule has 1 aliphatic rings. The van der Waals surface area contributed by atoms with Crippen molar-refractivity contribution in [1.29, 1.82) is 5.26 Å². The number of benzene rings is 1. The Morgan fingerprint density at radius 3 is 2.51 bits per heavy atom. The molecule has 0 saturated carbocycles. The van der Waals surface area contributed by atoms with Crippen LogP contribution in [0.1, 0.15) is 48.7 Å². The van der Waals surface area contributed by atoms with Gasteiger partial charge in [0.1, 0.15) is 0 Å². The fourth-order valence-electron chi connectivity index (χ4n) is 3.60. The van der Waals surface area contributed by atoms with E-state index in [9.17, 15) is 9.59 Å². The summed E-state index contributed by atoms with van der Waals surface area (Å²) in [4.78, 5) is 30.7. The van der Waals surface area contributed by atoms with Crippen molar-refractivity contribution in [3.8, 4) is 6.26 Å². The van der Waals surface area contributed by atoms with E-state index in [2.05, 4.69) is 28.8 Å². The van der Waals surface area contributed by atoms with E-state index >= 15 is 0 Å². The van der Waals surface area contributed by atoms with Gasteiger partial charge in [-0.2, -0.15) is 0 Å². The molecule has 0 aromatic heterocycles. The summed E-state index contributed by atoms with van der Waals surface area (Å²) in [5.74, 6) is -0.413. The fraction of sp³-hybridized carbons (Fsp3) is 0.296. The van der Waals surface area contributed by atoms with E-state index < -0.39 is 11.7 Å². The Kier molecular flexibility index (Phi) is 10.7. The standard InChI is InChI=1S/C27H34BN7O4/c1-17-15-21(9-10-22(17)23(36)32-18(2)7-8-19(3)33-25(30)31)20-11-13-35(14-12-20)24(28-38-16-29)34-26(37)39-27(4,5)6/h7-11,15H,2-3,12-14H2,1,4-6H3,(H,32,36)(H,34,37)(H4,30,31,33)/b8-7-. The third kappa shape index (κ3) is 10.2. The Hall–Kier alpha value is -4.79. The topological polar surface area (TPSA) is 168 Å². The number of nitrogens with zero attached hydrogens (tertiary/aromatic N) is 3. The molecule has 1 aromatic rings. The van der Waals surface area contributed by atoms with Gasteiger partial charge in [0.25, 0.3) is 0 Å². The van der Waals surface area contributed by atoms with Crippen molar-refractivity contribution in [2.45, 2.75) is 39.7 Å². The largest absolute Gasteiger partial charge is 0.370 e. The van der Waals surface area contributed by atoms with Gasteiger partial charge in [0, 0.05) is 0 Å². The Balaban J connectivity index is 2.08. The van der Waals surface area contributed by atoms with Crippen LogP contribution in [0.3, 0.4) is 0 Å². The molecule has 1 aromatic carbocycles. The number of nitriles is 1. The van der Waals surface area contributed by atoms with Gasteiger partial charge < -0.3 is 11.5 Å². The Morgan fingerprint density at radius 1 is 1.23 bits per heavy atom. The monoisotopic (exact) mass is 531 g/mol. The molecule has 11 nitrogen and oxygen atoms in total. The normalized spacial score (nSPS) is 13.4. The molecule has 2 amide bonds. The number of aliphatic imine (C=N–C) groups is 1. The first-order valence-corrected chi connectivity index (χ1v) is 12.1. The smallest absolute Gasteiger partial charge is 0.191 e. The van der Waals surface area contributed by atoms with Gasteiger partial charge in [0.15, 0.2) is 5.96 Å². The van der Waals surface area contributed by atoms with Crippen LogP contribution in [0.25, 0.3) is 5.57 Å². The number of alkyl carbamates (subject to hydrolysis) is 1. The van der Waals surface area contributed by atoms with Crippen molar-refractivity contribution in [2.24, 2.45) is 16.5 Å². The molecule has 0 spiro atoms. The summed E-state index contributed by atoms with van der Waals surface area (Å²) in [7, 11) is 1.18. The van der Waals surface area contributed by atoms with E-state index in [1.807, 2.05) is 30.0 Å². The van der Waals surface area contributed by atoms with Crippen molar-refractivity contribution in [3.63, 3.8) is 0 Å². The number of nitrogens with two attached hydrogens (primary N) is 2. The third-order valence-corrected chi connectivity index (χ3v) is 5.27. The number of guanidine groups is 1. The zero-order valence-corrected chi connectivity index (χ0v) is 22.7. The van der Waals surface area contributed by atoms with Gasteiger partial charge >= 0.3 is 176 Å². The Labute approximate surface area is 229 Å². The van der Waals surface area contributed by atoms with Crippen molar-refractivity contribution >= 4 is 36.4 Å². The number of carbonyl (C=O) groups excluding carboxylic acids is 2. The van der Waals surface area contributed by atoms with Crippen molar-refractivity contribution < 1.29 is 19.0 Å². The molecule has 0 aliphatic carbocycles. The summed E-state index contributed by atoms with van der Waals surface area (Å²) in [6.45, 7) is 15.7. The second kappa shape index (κ2) is 13.7. The van der Waals surface area contributed by atoms with Crippen molar-refractivity contribution in [2.75, 3.05) is 13.1 Å². The van der Waals surface area contributed by atoms with Crippen LogP contribution < -0.4 is 22.1 Å². The van der Waals surface area contributed by atoms with Crippen LogP contribution >= 0.6 is 0 Å². The maximum atomic E-state index is 12.8. The number of nitrogens with one attached hydrogen (secondary N) is 2. The molecule has 12 heteroatoms. The molecular weight excluding hydrogens is 497 g/mol. The first-order valence-electron chi connectivity index (χ1n) is 12.1. The number of rotatable bonds is 9. The van der Waals surface area contributed by atoms with Gasteiger partial charge in [-0.3, -0.25) is 0 Å². The maximum Gasteiger partial charge on any atom is 0.191 e. The minimum absolute atomic E-state index is 0.113. The number of allylic oxidation sites excluding steroid dienone is 2. The summed E-state index contributed by atoms with van der Waals surface area (Å²) >= 11 is 0. The first kappa shape index (κ1) is 30.4. The van der Waals surface area contributed by atoms with Crippen LogP contribution in [0.4, 0.5) is 4.79 Å². The summed E-state index contributed by atoms with van der Waals surface area (Å²) in [6, 6.07) is 5.60. The number of hydrogen-bond acceptors (Lipinski definition) is 7. The number of carbonyl (C=O) groups is 2. The van der Waals surface area contributed by atoms with E-state index in [1.165, 1.54) is 13.2 Å². The molecule has 0 unspecified atom stereocenters. The molecule has 1 aliphatic heterocycles. The summed E-state index contributed by atoms with van der Waals surface area (Å²) in [5.41, 5.74) is 14.3. The molecule has 0 atom stereocenters. The van der Waals surface area contributed by atoms with Crippen molar-refractivity contribution in [1.82, 2.24) is 15.5 Å². The molecule has 204 valence electrons. The van der Waals surface area contributed by atoms with E-state index in [0.717, 1.165) is 16.7 Å². The Morgan fingerprint density at radius 2 is 1.95 bits per heavy atom. The van der Waals surface area contributed by atoms with Crippen LogP contribution in [0.2, 0.25) is 0 Å². The SMILES string of the molecule is C=C(/C=C\C(=C)NC(=O)c1ccc(C2=CCN(C(=BOC#N)NC(=O)OC(C)(C)C)CC2)cc1C)N=C(N)N.